The second-order valence-corrected chi connectivity index (χ2v) is 15.7. The molecule has 0 radical (unpaired) electrons. The van der Waals surface area contributed by atoms with Gasteiger partial charge >= 0.3 is 0 Å². The van der Waals surface area contributed by atoms with Crippen LogP contribution in [0.4, 0.5) is 0 Å². The lowest BCUT2D eigenvalue weighted by molar-refractivity contribution is 1.33. The van der Waals surface area contributed by atoms with Gasteiger partial charge in [0, 0.05) is 33.3 Å². The van der Waals surface area contributed by atoms with Gasteiger partial charge in [-0.2, -0.15) is 10.0 Å². The van der Waals surface area contributed by atoms with Crippen molar-refractivity contribution in [2.24, 2.45) is 0 Å². The standard InChI is InChI=1S/C42H30N2S/c1-45(2)39-19-6-5-15-31(39)33-25-35-36(26-40(33)45)42(38-18-8-10-23-44-38)34-24-28(30-16-11-13-27-12-3-4-14-29(27)30)20-21-32(34)41(35)37-17-7-9-22-43-37/h3-26H,1-2H3. The first-order chi connectivity index (χ1) is 22.1. The Kier molecular flexibility index (Phi) is 5.75. The van der Waals surface area contributed by atoms with Crippen LogP contribution in [-0.4, -0.2) is 22.5 Å². The Morgan fingerprint density at radius 3 is 1.82 bits per heavy atom. The minimum Gasteiger partial charge on any atom is -0.256 e. The normalized spacial score (nSPS) is 14.0. The van der Waals surface area contributed by atoms with E-state index in [1.165, 1.54) is 75.5 Å². The van der Waals surface area contributed by atoms with E-state index in [2.05, 4.69) is 134 Å². The fourth-order valence-corrected chi connectivity index (χ4v) is 9.87. The maximum atomic E-state index is 4.96. The molecular formula is C42H30N2S. The lowest BCUT2D eigenvalue weighted by atomic mass is 9.85. The zero-order valence-corrected chi connectivity index (χ0v) is 26.0. The maximum absolute atomic E-state index is 4.96. The predicted molar refractivity (Wildman–Crippen MR) is 192 cm³/mol. The average Bonchev–Trinajstić information content (AvgIpc) is 3.32. The minimum atomic E-state index is -1.20. The summed E-state index contributed by atoms with van der Waals surface area (Å²) in [5.74, 6) is 0. The van der Waals surface area contributed by atoms with Crippen molar-refractivity contribution in [3.8, 4) is 44.8 Å². The first kappa shape index (κ1) is 26.2. The molecule has 0 fully saturated rings. The van der Waals surface area contributed by atoms with E-state index in [4.69, 9.17) is 9.97 Å². The SMILES string of the molecule is CS1(C)c2ccccc2-c2cc3c(-c4ccccn4)c4ccc(-c5cccc6ccccc56)cc4c(-c4ccccn4)c3cc21. The van der Waals surface area contributed by atoms with Crippen molar-refractivity contribution < 1.29 is 0 Å². The Balaban J connectivity index is 1.47. The Morgan fingerprint density at radius 1 is 0.422 bits per heavy atom. The molecule has 2 nitrogen and oxygen atoms in total. The van der Waals surface area contributed by atoms with Gasteiger partial charge in [-0.3, -0.25) is 9.97 Å². The highest BCUT2D eigenvalue weighted by atomic mass is 32.3. The summed E-state index contributed by atoms with van der Waals surface area (Å²) in [6.07, 6.45) is 8.68. The Morgan fingerprint density at radius 2 is 1.04 bits per heavy atom. The number of rotatable bonds is 3. The van der Waals surface area contributed by atoms with Crippen LogP contribution in [-0.2, 0) is 0 Å². The molecule has 0 aliphatic carbocycles. The van der Waals surface area contributed by atoms with Gasteiger partial charge in [0.2, 0.25) is 0 Å². The molecule has 8 aromatic rings. The number of benzene rings is 6. The van der Waals surface area contributed by atoms with Crippen molar-refractivity contribution >= 4 is 42.3 Å². The molecule has 0 saturated heterocycles. The van der Waals surface area contributed by atoms with Gasteiger partial charge in [-0.05, 0) is 116 Å². The molecule has 0 spiro atoms. The molecule has 0 atom stereocenters. The molecule has 9 rings (SSSR count). The maximum Gasteiger partial charge on any atom is 0.0714 e. The number of hydrogen-bond donors (Lipinski definition) is 0. The van der Waals surface area contributed by atoms with Crippen LogP contribution in [0.1, 0.15) is 0 Å². The topological polar surface area (TPSA) is 25.8 Å². The molecule has 0 bridgehead atoms. The van der Waals surface area contributed by atoms with E-state index in [0.29, 0.717) is 0 Å². The fraction of sp³-hybridized carbons (Fsp3) is 0.0476. The van der Waals surface area contributed by atoms with Gasteiger partial charge in [0.25, 0.3) is 0 Å². The highest BCUT2D eigenvalue weighted by molar-refractivity contribution is 8.33. The molecule has 0 saturated carbocycles. The van der Waals surface area contributed by atoms with Crippen LogP contribution in [0, 0.1) is 0 Å². The molecule has 1 aliphatic rings. The molecule has 0 N–H and O–H groups in total. The molecule has 3 heterocycles. The number of nitrogens with zero attached hydrogens (tertiary/aromatic N) is 2. The van der Waals surface area contributed by atoms with Crippen LogP contribution in [0.3, 0.4) is 0 Å². The number of aromatic nitrogens is 2. The van der Waals surface area contributed by atoms with E-state index in [-0.39, 0.29) is 0 Å². The smallest absolute Gasteiger partial charge is 0.0714 e. The number of pyridine rings is 2. The summed E-state index contributed by atoms with van der Waals surface area (Å²) in [7, 11) is -1.20. The fourth-order valence-electron chi connectivity index (χ4n) is 7.36. The summed E-state index contributed by atoms with van der Waals surface area (Å²) < 4.78 is 0. The van der Waals surface area contributed by atoms with E-state index in [0.717, 1.165) is 11.4 Å². The van der Waals surface area contributed by atoms with Gasteiger partial charge in [-0.15, -0.1) is 0 Å². The molecule has 3 heteroatoms. The quantitative estimate of drug-likeness (QED) is 0.190. The van der Waals surface area contributed by atoms with E-state index in [9.17, 15) is 0 Å². The van der Waals surface area contributed by atoms with Crippen molar-refractivity contribution in [2.45, 2.75) is 9.79 Å². The van der Waals surface area contributed by atoms with E-state index >= 15 is 0 Å². The molecule has 0 unspecified atom stereocenters. The van der Waals surface area contributed by atoms with E-state index < -0.39 is 10.0 Å². The lowest BCUT2D eigenvalue weighted by Gasteiger charge is -2.29. The van der Waals surface area contributed by atoms with Gasteiger partial charge in [-0.25, -0.2) is 0 Å². The minimum absolute atomic E-state index is 0.982. The Hall–Kier alpha value is -5.25. The second kappa shape index (κ2) is 9.88. The Labute approximate surface area is 264 Å². The van der Waals surface area contributed by atoms with Crippen LogP contribution in [0.5, 0.6) is 0 Å². The zero-order valence-electron chi connectivity index (χ0n) is 25.2. The molecule has 214 valence electrons. The van der Waals surface area contributed by atoms with Crippen LogP contribution < -0.4 is 0 Å². The summed E-state index contributed by atoms with van der Waals surface area (Å²) >= 11 is 0. The Bertz CT molecular complexity index is 2440. The first-order valence-corrected chi connectivity index (χ1v) is 17.8. The third-order valence-corrected chi connectivity index (χ3v) is 12.3. The van der Waals surface area contributed by atoms with Gasteiger partial charge in [0.15, 0.2) is 0 Å². The molecule has 1 aliphatic heterocycles. The van der Waals surface area contributed by atoms with Gasteiger partial charge < -0.3 is 0 Å². The highest BCUT2D eigenvalue weighted by Crippen LogP contribution is 2.68. The van der Waals surface area contributed by atoms with Gasteiger partial charge in [0.1, 0.15) is 0 Å². The summed E-state index contributed by atoms with van der Waals surface area (Å²) in [5.41, 5.74) is 9.44. The lowest BCUT2D eigenvalue weighted by Crippen LogP contribution is -1.97. The predicted octanol–water partition coefficient (Wildman–Crippen LogP) is 11.4. The summed E-state index contributed by atoms with van der Waals surface area (Å²) in [6, 6.07) is 48.6. The summed E-state index contributed by atoms with van der Waals surface area (Å²) in [4.78, 5) is 12.8. The molecule has 0 amide bonds. The average molecular weight is 595 g/mol. The van der Waals surface area contributed by atoms with Crippen LogP contribution >= 0.6 is 10.0 Å². The molecule has 6 aromatic carbocycles. The van der Waals surface area contributed by atoms with Crippen LogP contribution in [0.2, 0.25) is 0 Å². The van der Waals surface area contributed by atoms with Gasteiger partial charge in [0.05, 0.1) is 11.4 Å². The highest BCUT2D eigenvalue weighted by Gasteiger charge is 2.33. The first-order valence-electron chi connectivity index (χ1n) is 15.3. The van der Waals surface area contributed by atoms with Gasteiger partial charge in [-0.1, -0.05) is 84.9 Å². The third-order valence-electron chi connectivity index (χ3n) is 9.44. The van der Waals surface area contributed by atoms with Crippen molar-refractivity contribution in [3.63, 3.8) is 0 Å². The zero-order chi connectivity index (χ0) is 30.1. The number of fused-ring (bicyclic) bond motifs is 6. The molecule has 45 heavy (non-hydrogen) atoms. The van der Waals surface area contributed by atoms with E-state index in [1.54, 1.807) is 0 Å². The number of hydrogen-bond acceptors (Lipinski definition) is 2. The molecular weight excluding hydrogens is 565 g/mol. The van der Waals surface area contributed by atoms with Crippen molar-refractivity contribution in [2.75, 3.05) is 12.5 Å². The van der Waals surface area contributed by atoms with Crippen molar-refractivity contribution in [1.82, 2.24) is 9.97 Å². The second-order valence-electron chi connectivity index (χ2n) is 12.2. The largest absolute Gasteiger partial charge is 0.256 e. The van der Waals surface area contributed by atoms with E-state index in [1.807, 2.05) is 24.5 Å². The van der Waals surface area contributed by atoms with Crippen LogP contribution in [0.25, 0.3) is 77.1 Å². The monoisotopic (exact) mass is 594 g/mol. The third kappa shape index (κ3) is 3.91. The summed E-state index contributed by atoms with van der Waals surface area (Å²) in [5, 5.41) is 7.31. The van der Waals surface area contributed by atoms with Crippen molar-refractivity contribution in [1.29, 1.82) is 0 Å². The molecule has 2 aromatic heterocycles. The van der Waals surface area contributed by atoms with Crippen LogP contribution in [0.15, 0.2) is 156 Å². The summed E-state index contributed by atoms with van der Waals surface area (Å²) in [6.45, 7) is 0. The van der Waals surface area contributed by atoms with Crippen molar-refractivity contribution in [3.05, 3.63) is 146 Å².